The molecule has 5 N–H and O–H groups in total. The number of quaternary nitrogens is 1. The fraction of sp³-hybridized carbons (Fsp3) is 0. The molecule has 0 unspecified atom stereocenters. The van der Waals surface area contributed by atoms with E-state index in [1.165, 1.54) is 0 Å². The molecule has 118 valence electrons. The molecule has 6 nitrogen and oxygen atoms in total. The molecule has 0 spiro atoms. The predicted octanol–water partition coefficient (Wildman–Crippen LogP) is 2.92. The van der Waals surface area contributed by atoms with Crippen molar-refractivity contribution in [3.8, 4) is 11.1 Å². The Morgan fingerprint density at radius 2 is 1.83 bits per heavy atom. The smallest absolute Gasteiger partial charge is 0.198 e. The lowest BCUT2D eigenvalue weighted by molar-refractivity contribution is -0.585. The van der Waals surface area contributed by atoms with Gasteiger partial charge in [-0.05, 0) is 23.8 Å². The van der Waals surface area contributed by atoms with Gasteiger partial charge in [0.15, 0.2) is 11.5 Å². The Labute approximate surface area is 139 Å². The van der Waals surface area contributed by atoms with Crippen molar-refractivity contribution in [3.63, 3.8) is 0 Å². The van der Waals surface area contributed by atoms with E-state index in [0.29, 0.717) is 5.69 Å². The summed E-state index contributed by atoms with van der Waals surface area (Å²) in [4.78, 5) is 4.06. The van der Waals surface area contributed by atoms with Gasteiger partial charge in [-0.3, -0.25) is 10.4 Å². The van der Waals surface area contributed by atoms with Crippen LogP contribution in [0.3, 0.4) is 0 Å². The van der Waals surface area contributed by atoms with Crippen molar-refractivity contribution in [2.75, 3.05) is 5.73 Å². The minimum Gasteiger partial charge on any atom is -0.398 e. The fourth-order valence-electron chi connectivity index (χ4n) is 2.25. The van der Waals surface area contributed by atoms with E-state index in [4.69, 9.17) is 11.1 Å². The van der Waals surface area contributed by atoms with Gasteiger partial charge in [-0.25, -0.2) is 0 Å². The molecule has 0 radical (unpaired) electrons. The average Bonchev–Trinajstić information content (AvgIpc) is 2.63. The second-order valence-corrected chi connectivity index (χ2v) is 5.12. The molecule has 3 rings (SSSR count). The highest BCUT2D eigenvalue weighted by atomic mass is 15.4. The number of nitrogens with two attached hydrogens (primary N) is 2. The molecule has 1 aromatic heterocycles. The average molecular weight is 317 g/mol. The number of para-hydroxylation sites is 1. The van der Waals surface area contributed by atoms with Crippen LogP contribution in [0.5, 0.6) is 0 Å². The Morgan fingerprint density at radius 1 is 1.00 bits per heavy atom. The Balaban J connectivity index is 1.73. The summed E-state index contributed by atoms with van der Waals surface area (Å²) >= 11 is 0. The van der Waals surface area contributed by atoms with E-state index in [-0.39, 0.29) is 5.84 Å². The highest BCUT2D eigenvalue weighted by Crippen LogP contribution is 2.26. The molecule has 6 heteroatoms. The number of benzene rings is 2. The molecule has 0 atom stereocenters. The lowest BCUT2D eigenvalue weighted by atomic mass is 10.0. The van der Waals surface area contributed by atoms with Crippen LogP contribution in [0.25, 0.3) is 11.1 Å². The maximum atomic E-state index is 7.84. The number of aromatic nitrogens is 1. The normalized spacial score (nSPS) is 10.8. The number of rotatable bonds is 4. The molecule has 1 heterocycles. The van der Waals surface area contributed by atoms with E-state index in [9.17, 15) is 0 Å². The van der Waals surface area contributed by atoms with Crippen molar-refractivity contribution in [3.05, 3.63) is 78.6 Å². The molecular weight excluding hydrogens is 300 g/mol. The van der Waals surface area contributed by atoms with Gasteiger partial charge in [0.2, 0.25) is 0 Å². The molecule has 0 saturated carbocycles. The van der Waals surface area contributed by atoms with Crippen LogP contribution in [0.4, 0.5) is 11.4 Å². The third-order valence-electron chi connectivity index (χ3n) is 3.43. The third-order valence-corrected chi connectivity index (χ3v) is 3.43. The maximum absolute atomic E-state index is 7.84. The number of nitrogens with zero attached hydrogens (tertiary/aromatic N) is 3. The molecule has 0 aliphatic heterocycles. The lowest BCUT2D eigenvalue weighted by Crippen LogP contribution is -2.70. The molecule has 0 fully saturated rings. The van der Waals surface area contributed by atoms with E-state index in [2.05, 4.69) is 15.3 Å². The van der Waals surface area contributed by atoms with Crippen molar-refractivity contribution < 1.29 is 5.43 Å². The van der Waals surface area contributed by atoms with Gasteiger partial charge in [0.05, 0.1) is 0 Å². The fourth-order valence-corrected chi connectivity index (χ4v) is 2.25. The van der Waals surface area contributed by atoms with Crippen LogP contribution in [-0.2, 0) is 0 Å². The van der Waals surface area contributed by atoms with Gasteiger partial charge in [-0.15, -0.1) is 0 Å². The van der Waals surface area contributed by atoms with Gasteiger partial charge in [0.1, 0.15) is 5.69 Å². The monoisotopic (exact) mass is 317 g/mol. The summed E-state index contributed by atoms with van der Waals surface area (Å²) in [6, 6.07) is 20.9. The third kappa shape index (κ3) is 3.68. The zero-order valence-corrected chi connectivity index (χ0v) is 12.9. The summed E-state index contributed by atoms with van der Waals surface area (Å²) in [6.07, 6.45) is 1.62. The van der Waals surface area contributed by atoms with Gasteiger partial charge >= 0.3 is 0 Å². The Bertz CT molecular complexity index is 873. The first-order chi connectivity index (χ1) is 11.7. The topological polar surface area (TPSA) is 104 Å². The van der Waals surface area contributed by atoms with Gasteiger partial charge in [-0.1, -0.05) is 41.5 Å². The zero-order valence-electron chi connectivity index (χ0n) is 12.9. The summed E-state index contributed by atoms with van der Waals surface area (Å²) < 4.78 is 0. The predicted molar refractivity (Wildman–Crippen MR) is 93.8 cm³/mol. The SMILES string of the molecule is N=C(N=N[NH2+]c1cccc(-c2ccccc2N)c1)c1ccccn1. The summed E-state index contributed by atoms with van der Waals surface area (Å²) in [6.45, 7) is 0. The first-order valence-corrected chi connectivity index (χ1v) is 7.43. The highest BCUT2D eigenvalue weighted by molar-refractivity contribution is 5.94. The maximum Gasteiger partial charge on any atom is 0.198 e. The van der Waals surface area contributed by atoms with E-state index < -0.39 is 0 Å². The minimum atomic E-state index is 0.0234. The highest BCUT2D eigenvalue weighted by Gasteiger charge is 2.05. The summed E-state index contributed by atoms with van der Waals surface area (Å²) in [7, 11) is 0. The molecule has 3 aromatic rings. The van der Waals surface area contributed by atoms with Crippen LogP contribution in [0.1, 0.15) is 5.69 Å². The number of hydrogen-bond donors (Lipinski definition) is 3. The Hall–Kier alpha value is -3.38. The van der Waals surface area contributed by atoms with Crippen molar-refractivity contribution >= 4 is 17.2 Å². The van der Waals surface area contributed by atoms with E-state index in [1.807, 2.05) is 54.6 Å². The molecule has 0 saturated heterocycles. The molecule has 0 bridgehead atoms. The molecule has 2 aromatic carbocycles. The second kappa shape index (κ2) is 7.26. The lowest BCUT2D eigenvalue weighted by Gasteiger charge is -2.05. The summed E-state index contributed by atoms with van der Waals surface area (Å²) in [5.41, 5.74) is 11.7. The first-order valence-electron chi connectivity index (χ1n) is 7.43. The van der Waals surface area contributed by atoms with Crippen LogP contribution >= 0.6 is 0 Å². The summed E-state index contributed by atoms with van der Waals surface area (Å²) in [5, 5.41) is 15.7. The molecule has 0 aliphatic rings. The Morgan fingerprint density at radius 3 is 2.62 bits per heavy atom. The first kappa shape index (κ1) is 15.5. The zero-order chi connectivity index (χ0) is 16.8. The minimum absolute atomic E-state index is 0.0234. The quantitative estimate of drug-likeness (QED) is 0.172. The van der Waals surface area contributed by atoms with Gasteiger partial charge in [0, 0.05) is 34.8 Å². The molecule has 0 aliphatic carbocycles. The molecule has 24 heavy (non-hydrogen) atoms. The van der Waals surface area contributed by atoms with Crippen molar-refractivity contribution in [2.24, 2.45) is 10.3 Å². The van der Waals surface area contributed by atoms with Crippen LogP contribution in [0.2, 0.25) is 0 Å². The number of hydrogen-bond acceptors (Lipinski definition) is 4. The number of nitrogen functional groups attached to an aromatic ring is 1. The van der Waals surface area contributed by atoms with E-state index in [0.717, 1.165) is 22.5 Å². The Kier molecular flexibility index (Phi) is 4.69. The largest absolute Gasteiger partial charge is 0.398 e. The number of pyridine rings is 1. The van der Waals surface area contributed by atoms with Gasteiger partial charge in [0.25, 0.3) is 0 Å². The molecular formula is C18H17N6+. The van der Waals surface area contributed by atoms with Gasteiger partial charge < -0.3 is 5.73 Å². The van der Waals surface area contributed by atoms with E-state index in [1.54, 1.807) is 23.8 Å². The van der Waals surface area contributed by atoms with Crippen LogP contribution in [0, 0.1) is 5.41 Å². The van der Waals surface area contributed by atoms with Crippen molar-refractivity contribution in [1.29, 1.82) is 5.41 Å². The van der Waals surface area contributed by atoms with Crippen LogP contribution in [-0.4, -0.2) is 10.8 Å². The van der Waals surface area contributed by atoms with Gasteiger partial charge in [-0.2, -0.15) is 5.43 Å². The van der Waals surface area contributed by atoms with Crippen LogP contribution < -0.4 is 11.2 Å². The van der Waals surface area contributed by atoms with Crippen molar-refractivity contribution in [1.82, 2.24) is 4.98 Å². The van der Waals surface area contributed by atoms with E-state index >= 15 is 0 Å². The molecule has 0 amide bonds. The summed E-state index contributed by atoms with van der Waals surface area (Å²) in [5.74, 6) is 0.0234. The van der Waals surface area contributed by atoms with Crippen LogP contribution in [0.15, 0.2) is 83.3 Å². The second-order valence-electron chi connectivity index (χ2n) is 5.12. The number of anilines is 1. The number of nitrogens with one attached hydrogen (secondary N) is 1. The number of amidine groups is 1. The standard InChI is InChI=1S/C18H16N6/c19-16-9-2-1-8-15(16)13-6-5-7-14(12-13)22-24-23-18(20)17-10-3-4-11-21-17/h1-12H,19H2,(H2,20,22,23)/p+1. The van der Waals surface area contributed by atoms with Crippen molar-refractivity contribution in [2.45, 2.75) is 0 Å².